The monoisotopic (exact) mass is 384 g/mol. The lowest BCUT2D eigenvalue weighted by Gasteiger charge is -2.12. The zero-order valence-corrected chi connectivity index (χ0v) is 16.8. The average Bonchev–Trinajstić information content (AvgIpc) is 2.70. The van der Waals surface area contributed by atoms with Crippen molar-refractivity contribution in [3.63, 3.8) is 0 Å². The summed E-state index contributed by atoms with van der Waals surface area (Å²) in [4.78, 5) is 24.0. The highest BCUT2D eigenvalue weighted by molar-refractivity contribution is 5.95. The maximum absolute atomic E-state index is 12.1. The molecule has 0 aliphatic heterocycles. The molecule has 0 saturated heterocycles. The van der Waals surface area contributed by atoms with Gasteiger partial charge in [0.05, 0.1) is 6.10 Å². The van der Waals surface area contributed by atoms with E-state index < -0.39 is 11.8 Å². The van der Waals surface area contributed by atoms with Crippen molar-refractivity contribution in [3.05, 3.63) is 59.7 Å². The number of benzene rings is 2. The van der Waals surface area contributed by atoms with Crippen molar-refractivity contribution in [2.45, 2.75) is 46.1 Å². The van der Waals surface area contributed by atoms with Crippen molar-refractivity contribution in [1.29, 1.82) is 0 Å². The number of carbonyl (C=O) groups is 2. The molecule has 0 saturated carbocycles. The predicted molar refractivity (Wildman–Crippen MR) is 108 cm³/mol. The zero-order chi connectivity index (χ0) is 20.5. The third-order valence-corrected chi connectivity index (χ3v) is 4.24. The quantitative estimate of drug-likeness (QED) is 0.678. The smallest absolute Gasteiger partial charge is 0.276 e. The maximum Gasteiger partial charge on any atom is 0.276 e. The van der Waals surface area contributed by atoms with Crippen LogP contribution < -0.4 is 20.3 Å². The number of hydrazine groups is 1. The van der Waals surface area contributed by atoms with Gasteiger partial charge in [-0.3, -0.25) is 20.4 Å². The minimum absolute atomic E-state index is 0.0604. The third kappa shape index (κ3) is 6.61. The van der Waals surface area contributed by atoms with Gasteiger partial charge in [-0.25, -0.2) is 0 Å². The summed E-state index contributed by atoms with van der Waals surface area (Å²) in [7, 11) is 0. The summed E-state index contributed by atoms with van der Waals surface area (Å²) < 4.78 is 11.0. The first-order valence-electron chi connectivity index (χ1n) is 9.47. The second kappa shape index (κ2) is 10.3. The highest BCUT2D eigenvalue weighted by atomic mass is 16.5. The molecule has 2 N–H and O–H groups in total. The number of rotatable bonds is 8. The second-order valence-electron chi connectivity index (χ2n) is 6.86. The van der Waals surface area contributed by atoms with Gasteiger partial charge in [-0.15, -0.1) is 0 Å². The van der Waals surface area contributed by atoms with Crippen molar-refractivity contribution in [2.24, 2.45) is 0 Å². The van der Waals surface area contributed by atoms with Gasteiger partial charge in [-0.2, -0.15) is 0 Å². The highest BCUT2D eigenvalue weighted by Crippen LogP contribution is 2.21. The molecule has 1 atom stereocenters. The Hall–Kier alpha value is -3.02. The molecule has 0 aliphatic rings. The van der Waals surface area contributed by atoms with Crippen LogP contribution in [0.2, 0.25) is 0 Å². The molecule has 0 radical (unpaired) electrons. The van der Waals surface area contributed by atoms with Crippen molar-refractivity contribution >= 4 is 11.8 Å². The van der Waals surface area contributed by atoms with Crippen molar-refractivity contribution < 1.29 is 19.1 Å². The summed E-state index contributed by atoms with van der Waals surface area (Å²) in [5.41, 5.74) is 6.36. The number of carbonyl (C=O) groups excluding carboxylic acids is 2. The Balaban J connectivity index is 1.76. The van der Waals surface area contributed by atoms with E-state index in [0.717, 1.165) is 6.42 Å². The molecule has 6 heteroatoms. The molecule has 6 nitrogen and oxygen atoms in total. The molecular formula is C22H28N2O4. The summed E-state index contributed by atoms with van der Waals surface area (Å²) in [6.07, 6.45) is 1.13. The number of amides is 2. The van der Waals surface area contributed by atoms with E-state index >= 15 is 0 Å². The minimum atomic E-state index is -0.445. The number of ether oxygens (including phenoxy) is 2. The van der Waals surface area contributed by atoms with Crippen molar-refractivity contribution in [2.75, 3.05) is 6.61 Å². The van der Waals surface area contributed by atoms with Crippen molar-refractivity contribution in [3.8, 4) is 11.5 Å². The topological polar surface area (TPSA) is 76.7 Å². The van der Waals surface area contributed by atoms with Gasteiger partial charge in [0, 0.05) is 5.56 Å². The summed E-state index contributed by atoms with van der Waals surface area (Å²) >= 11 is 0. The molecule has 2 rings (SSSR count). The summed E-state index contributed by atoms with van der Waals surface area (Å²) in [6.45, 7) is 7.97. The Bertz CT molecular complexity index is 770. The van der Waals surface area contributed by atoms with Gasteiger partial charge in [0.2, 0.25) is 0 Å². The van der Waals surface area contributed by atoms with E-state index in [-0.39, 0.29) is 12.7 Å². The molecule has 2 aromatic rings. The molecule has 28 heavy (non-hydrogen) atoms. The lowest BCUT2D eigenvalue weighted by Crippen LogP contribution is -2.43. The molecule has 0 bridgehead atoms. The molecule has 2 amide bonds. The Morgan fingerprint density at radius 2 is 1.50 bits per heavy atom. The molecular weight excluding hydrogens is 356 g/mol. The molecule has 150 valence electrons. The molecule has 0 spiro atoms. The summed E-state index contributed by atoms with van der Waals surface area (Å²) in [5.74, 6) is 0.914. The SMILES string of the molecule is CCC(C)c1ccc(OCC(=O)NNC(=O)c2ccc(OC(C)C)cc2)cc1. The lowest BCUT2D eigenvalue weighted by molar-refractivity contribution is -0.123. The highest BCUT2D eigenvalue weighted by Gasteiger charge is 2.09. The van der Waals surface area contributed by atoms with Crippen LogP contribution in [0.15, 0.2) is 48.5 Å². The van der Waals surface area contributed by atoms with Crippen LogP contribution in [0.1, 0.15) is 56.0 Å². The van der Waals surface area contributed by atoms with Crippen LogP contribution in [0.25, 0.3) is 0 Å². The van der Waals surface area contributed by atoms with E-state index in [1.807, 2.05) is 38.1 Å². The summed E-state index contributed by atoms with van der Waals surface area (Å²) in [6, 6.07) is 14.4. The first-order chi connectivity index (χ1) is 13.4. The van der Waals surface area contributed by atoms with E-state index in [1.54, 1.807) is 24.3 Å². The largest absolute Gasteiger partial charge is 0.491 e. The fourth-order valence-electron chi connectivity index (χ4n) is 2.47. The van der Waals surface area contributed by atoms with Crippen LogP contribution in [0, 0.1) is 0 Å². The third-order valence-electron chi connectivity index (χ3n) is 4.24. The Kier molecular flexibility index (Phi) is 7.87. The number of hydrogen-bond donors (Lipinski definition) is 2. The van der Waals surface area contributed by atoms with E-state index in [1.165, 1.54) is 5.56 Å². The van der Waals surface area contributed by atoms with Crippen LogP contribution in [-0.4, -0.2) is 24.5 Å². The lowest BCUT2D eigenvalue weighted by atomic mass is 9.99. The van der Waals surface area contributed by atoms with Gasteiger partial charge >= 0.3 is 0 Å². The van der Waals surface area contributed by atoms with Crippen LogP contribution in [0.5, 0.6) is 11.5 Å². The normalized spacial score (nSPS) is 11.6. The number of nitrogens with one attached hydrogen (secondary N) is 2. The zero-order valence-electron chi connectivity index (χ0n) is 16.8. The Morgan fingerprint density at radius 3 is 2.07 bits per heavy atom. The fourth-order valence-corrected chi connectivity index (χ4v) is 2.47. The molecule has 0 aromatic heterocycles. The van der Waals surface area contributed by atoms with E-state index in [2.05, 4.69) is 24.7 Å². The van der Waals surface area contributed by atoms with Crippen LogP contribution >= 0.6 is 0 Å². The van der Waals surface area contributed by atoms with E-state index in [9.17, 15) is 9.59 Å². The standard InChI is InChI=1S/C22H28N2O4/c1-5-16(4)17-6-10-19(11-7-17)27-14-21(25)23-24-22(26)18-8-12-20(13-9-18)28-15(2)3/h6-13,15-16H,5,14H2,1-4H3,(H,23,25)(H,24,26). The second-order valence-corrected chi connectivity index (χ2v) is 6.86. The van der Waals surface area contributed by atoms with Crippen molar-refractivity contribution in [1.82, 2.24) is 10.9 Å². The Morgan fingerprint density at radius 1 is 0.893 bits per heavy atom. The Labute approximate surface area is 166 Å². The van der Waals surface area contributed by atoms with Crippen LogP contribution in [0.3, 0.4) is 0 Å². The molecule has 0 fully saturated rings. The molecule has 2 aromatic carbocycles. The van der Waals surface area contributed by atoms with Crippen LogP contribution in [-0.2, 0) is 4.79 Å². The minimum Gasteiger partial charge on any atom is -0.491 e. The fraction of sp³-hybridized carbons (Fsp3) is 0.364. The predicted octanol–water partition coefficient (Wildman–Crippen LogP) is 3.83. The van der Waals surface area contributed by atoms with Gasteiger partial charge in [0.15, 0.2) is 6.61 Å². The van der Waals surface area contributed by atoms with Gasteiger partial charge in [-0.1, -0.05) is 26.0 Å². The number of hydrogen-bond acceptors (Lipinski definition) is 4. The molecule has 1 unspecified atom stereocenters. The van der Waals surface area contributed by atoms with Gasteiger partial charge in [0.25, 0.3) is 11.8 Å². The molecule has 0 heterocycles. The van der Waals surface area contributed by atoms with Gasteiger partial charge in [-0.05, 0) is 68.1 Å². The van der Waals surface area contributed by atoms with E-state index in [4.69, 9.17) is 9.47 Å². The van der Waals surface area contributed by atoms with Gasteiger partial charge in [0.1, 0.15) is 11.5 Å². The molecule has 0 aliphatic carbocycles. The van der Waals surface area contributed by atoms with Gasteiger partial charge < -0.3 is 9.47 Å². The maximum atomic E-state index is 12.1. The van der Waals surface area contributed by atoms with Crippen LogP contribution in [0.4, 0.5) is 0 Å². The van der Waals surface area contributed by atoms with E-state index in [0.29, 0.717) is 23.0 Å². The first-order valence-corrected chi connectivity index (χ1v) is 9.47. The average molecular weight is 384 g/mol. The summed E-state index contributed by atoms with van der Waals surface area (Å²) in [5, 5.41) is 0. The first kappa shape index (κ1) is 21.3.